The molecule has 28 heavy (non-hydrogen) atoms. The highest BCUT2D eigenvalue weighted by Crippen LogP contribution is 2.33. The van der Waals surface area contributed by atoms with Crippen molar-refractivity contribution in [2.45, 2.75) is 52.3 Å². The van der Waals surface area contributed by atoms with E-state index < -0.39 is 6.10 Å². The van der Waals surface area contributed by atoms with E-state index in [4.69, 9.17) is 4.74 Å². The van der Waals surface area contributed by atoms with Gasteiger partial charge in [0, 0.05) is 25.6 Å². The first-order valence-corrected chi connectivity index (χ1v) is 9.91. The van der Waals surface area contributed by atoms with Crippen LogP contribution >= 0.6 is 0 Å². The van der Waals surface area contributed by atoms with Crippen LogP contribution < -0.4 is 9.64 Å². The number of amides is 2. The third kappa shape index (κ3) is 4.35. The zero-order valence-electron chi connectivity index (χ0n) is 16.8. The van der Waals surface area contributed by atoms with E-state index in [1.807, 2.05) is 59.5 Å². The van der Waals surface area contributed by atoms with E-state index in [0.717, 1.165) is 17.7 Å². The van der Waals surface area contributed by atoms with E-state index in [-0.39, 0.29) is 24.3 Å². The van der Waals surface area contributed by atoms with Crippen molar-refractivity contribution in [1.29, 1.82) is 0 Å². The van der Waals surface area contributed by atoms with Gasteiger partial charge < -0.3 is 14.5 Å². The average Bonchev–Trinajstić information content (AvgIpc) is 2.72. The van der Waals surface area contributed by atoms with Gasteiger partial charge in [-0.05, 0) is 38.0 Å². The maximum atomic E-state index is 13.0. The highest BCUT2D eigenvalue weighted by atomic mass is 16.5. The number of para-hydroxylation sites is 2. The lowest BCUT2D eigenvalue weighted by Gasteiger charge is -2.34. The second-order valence-electron chi connectivity index (χ2n) is 7.23. The third-order valence-corrected chi connectivity index (χ3v) is 5.26. The lowest BCUT2D eigenvalue weighted by atomic mass is 10.1. The summed E-state index contributed by atoms with van der Waals surface area (Å²) >= 11 is 0. The van der Waals surface area contributed by atoms with Crippen LogP contribution in [0.5, 0.6) is 5.75 Å². The van der Waals surface area contributed by atoms with Crippen molar-refractivity contribution in [2.75, 3.05) is 11.4 Å². The third-order valence-electron chi connectivity index (χ3n) is 5.26. The molecule has 2 amide bonds. The Labute approximate surface area is 166 Å². The molecule has 148 valence electrons. The molecule has 2 atom stereocenters. The Morgan fingerprint density at radius 1 is 1.14 bits per heavy atom. The summed E-state index contributed by atoms with van der Waals surface area (Å²) in [6, 6.07) is 17.6. The minimum Gasteiger partial charge on any atom is -0.479 e. The van der Waals surface area contributed by atoms with Crippen LogP contribution in [0.15, 0.2) is 54.6 Å². The van der Waals surface area contributed by atoms with Gasteiger partial charge in [-0.1, -0.05) is 49.4 Å². The molecule has 0 fully saturated rings. The monoisotopic (exact) mass is 380 g/mol. The summed E-state index contributed by atoms with van der Waals surface area (Å²) < 4.78 is 5.68. The van der Waals surface area contributed by atoms with Crippen molar-refractivity contribution < 1.29 is 14.3 Å². The van der Waals surface area contributed by atoms with Gasteiger partial charge in [-0.25, -0.2) is 0 Å². The maximum Gasteiger partial charge on any atom is 0.267 e. The Balaban J connectivity index is 1.72. The lowest BCUT2D eigenvalue weighted by molar-refractivity contribution is -0.134. The van der Waals surface area contributed by atoms with E-state index in [1.54, 1.807) is 11.8 Å². The van der Waals surface area contributed by atoms with Gasteiger partial charge in [0.2, 0.25) is 5.91 Å². The molecule has 0 spiro atoms. The Morgan fingerprint density at radius 2 is 1.82 bits per heavy atom. The van der Waals surface area contributed by atoms with Gasteiger partial charge in [0.25, 0.3) is 5.91 Å². The van der Waals surface area contributed by atoms with Crippen LogP contribution in [0.2, 0.25) is 0 Å². The number of fused-ring (bicyclic) bond motifs is 1. The number of nitrogens with zero attached hydrogens (tertiary/aromatic N) is 2. The van der Waals surface area contributed by atoms with Crippen molar-refractivity contribution >= 4 is 17.5 Å². The summed E-state index contributed by atoms with van der Waals surface area (Å²) in [5, 5.41) is 0. The highest BCUT2D eigenvalue weighted by molar-refractivity contribution is 6.00. The number of carbonyl (C=O) groups excluding carboxylic acids is 2. The van der Waals surface area contributed by atoms with E-state index in [0.29, 0.717) is 18.8 Å². The molecule has 5 heteroatoms. The molecule has 0 bridgehead atoms. The summed E-state index contributed by atoms with van der Waals surface area (Å²) in [6.07, 6.45) is 0.624. The molecule has 1 aliphatic heterocycles. The minimum atomic E-state index is -0.542. The number of hydrogen-bond acceptors (Lipinski definition) is 3. The van der Waals surface area contributed by atoms with Crippen LogP contribution in [0, 0.1) is 0 Å². The number of anilines is 1. The largest absolute Gasteiger partial charge is 0.479 e. The average molecular weight is 380 g/mol. The van der Waals surface area contributed by atoms with Crippen LogP contribution in [-0.2, 0) is 16.1 Å². The van der Waals surface area contributed by atoms with E-state index in [1.165, 1.54) is 0 Å². The molecule has 0 N–H and O–H groups in total. The topological polar surface area (TPSA) is 49.9 Å². The molecule has 5 nitrogen and oxygen atoms in total. The van der Waals surface area contributed by atoms with Crippen molar-refractivity contribution in [1.82, 2.24) is 4.90 Å². The summed E-state index contributed by atoms with van der Waals surface area (Å²) in [5.41, 5.74) is 1.84. The van der Waals surface area contributed by atoms with Crippen LogP contribution in [0.4, 0.5) is 5.69 Å². The zero-order chi connectivity index (χ0) is 20.1. The predicted octanol–water partition coefficient (Wildman–Crippen LogP) is 4.02. The van der Waals surface area contributed by atoms with Crippen LogP contribution in [0.1, 0.15) is 39.2 Å². The summed E-state index contributed by atoms with van der Waals surface area (Å²) in [4.78, 5) is 29.3. The molecule has 2 aromatic rings. The van der Waals surface area contributed by atoms with Gasteiger partial charge in [-0.2, -0.15) is 0 Å². The molecule has 0 saturated heterocycles. The molecule has 0 aromatic heterocycles. The maximum absolute atomic E-state index is 13.0. The van der Waals surface area contributed by atoms with Crippen LogP contribution in [0.3, 0.4) is 0 Å². The number of rotatable bonds is 7. The molecule has 1 heterocycles. The van der Waals surface area contributed by atoms with E-state index in [2.05, 4.69) is 13.8 Å². The van der Waals surface area contributed by atoms with Gasteiger partial charge in [0.05, 0.1) is 5.69 Å². The Bertz CT molecular complexity index is 822. The van der Waals surface area contributed by atoms with Gasteiger partial charge in [-0.3, -0.25) is 9.59 Å². The smallest absolute Gasteiger partial charge is 0.267 e. The molecule has 3 rings (SSSR count). The number of ether oxygens (including phenoxy) is 1. The zero-order valence-corrected chi connectivity index (χ0v) is 16.8. The standard InChI is InChI=1S/C23H28N2O3/c1-4-17(2)25(16-19-10-6-5-7-11-19)22(26)14-15-24-20-12-8-9-13-21(20)28-18(3)23(24)27/h5-13,17-18H,4,14-16H2,1-3H3. The summed E-state index contributed by atoms with van der Waals surface area (Å²) in [7, 11) is 0. The first kappa shape index (κ1) is 19.9. The fourth-order valence-electron chi connectivity index (χ4n) is 3.43. The van der Waals surface area contributed by atoms with Gasteiger partial charge in [-0.15, -0.1) is 0 Å². The molecule has 0 radical (unpaired) electrons. The second-order valence-corrected chi connectivity index (χ2v) is 7.23. The van der Waals surface area contributed by atoms with Gasteiger partial charge >= 0.3 is 0 Å². The normalized spacial score (nSPS) is 16.9. The van der Waals surface area contributed by atoms with Gasteiger partial charge in [0.1, 0.15) is 5.75 Å². The van der Waals surface area contributed by atoms with Crippen molar-refractivity contribution in [3.8, 4) is 5.75 Å². The Hall–Kier alpha value is -2.82. The Morgan fingerprint density at radius 3 is 2.54 bits per heavy atom. The summed E-state index contributed by atoms with van der Waals surface area (Å²) in [5.74, 6) is 0.636. The van der Waals surface area contributed by atoms with Gasteiger partial charge in [0.15, 0.2) is 6.10 Å². The SMILES string of the molecule is CCC(C)N(Cc1ccccc1)C(=O)CCN1C(=O)C(C)Oc2ccccc21. The molecule has 1 aliphatic rings. The first-order chi connectivity index (χ1) is 13.5. The highest BCUT2D eigenvalue weighted by Gasteiger charge is 2.32. The van der Waals surface area contributed by atoms with Crippen LogP contribution in [-0.4, -0.2) is 35.4 Å². The first-order valence-electron chi connectivity index (χ1n) is 9.91. The van der Waals surface area contributed by atoms with Crippen molar-refractivity contribution in [3.05, 3.63) is 60.2 Å². The van der Waals surface area contributed by atoms with E-state index in [9.17, 15) is 9.59 Å². The second kappa shape index (κ2) is 8.91. The molecular formula is C23H28N2O3. The van der Waals surface area contributed by atoms with Crippen LogP contribution in [0.25, 0.3) is 0 Å². The van der Waals surface area contributed by atoms with Crippen molar-refractivity contribution in [3.63, 3.8) is 0 Å². The molecule has 0 aliphatic carbocycles. The quantitative estimate of drug-likeness (QED) is 0.729. The minimum absolute atomic E-state index is 0.0580. The number of carbonyl (C=O) groups is 2. The number of benzene rings is 2. The molecule has 2 aromatic carbocycles. The Kier molecular flexibility index (Phi) is 6.34. The lowest BCUT2D eigenvalue weighted by Crippen LogP contribution is -2.46. The number of hydrogen-bond donors (Lipinski definition) is 0. The fraction of sp³-hybridized carbons (Fsp3) is 0.391. The molecule has 0 saturated carbocycles. The molecule has 2 unspecified atom stereocenters. The molecular weight excluding hydrogens is 352 g/mol. The van der Waals surface area contributed by atoms with E-state index >= 15 is 0 Å². The van der Waals surface area contributed by atoms with Crippen molar-refractivity contribution in [2.24, 2.45) is 0 Å². The summed E-state index contributed by atoms with van der Waals surface area (Å²) in [6.45, 7) is 6.83. The predicted molar refractivity (Wildman–Crippen MR) is 110 cm³/mol. The fourth-order valence-corrected chi connectivity index (χ4v) is 3.43.